The van der Waals surface area contributed by atoms with Crippen molar-refractivity contribution in [2.75, 3.05) is 13.6 Å². The Labute approximate surface area is 95.6 Å². The molecular formula is C12H18N2O2. The molecule has 0 spiro atoms. The van der Waals surface area contributed by atoms with Crippen molar-refractivity contribution in [3.05, 3.63) is 24.0 Å². The zero-order valence-corrected chi connectivity index (χ0v) is 9.82. The van der Waals surface area contributed by atoms with Crippen molar-refractivity contribution >= 4 is 11.7 Å². The maximum atomic E-state index is 11.6. The molecule has 1 heterocycles. The third-order valence-electron chi connectivity index (χ3n) is 2.50. The van der Waals surface area contributed by atoms with Gasteiger partial charge in [0, 0.05) is 44.7 Å². The summed E-state index contributed by atoms with van der Waals surface area (Å²) in [6.07, 6.45) is 3.34. The minimum Gasteiger partial charge on any atom is -0.365 e. The molecule has 0 saturated carbocycles. The quantitative estimate of drug-likeness (QED) is 0.790. The Kier molecular flexibility index (Phi) is 4.76. The van der Waals surface area contributed by atoms with Crippen LogP contribution in [-0.2, 0) is 16.0 Å². The van der Waals surface area contributed by atoms with Gasteiger partial charge in [0.2, 0.25) is 5.91 Å². The summed E-state index contributed by atoms with van der Waals surface area (Å²) in [6.45, 7) is 2.18. The highest BCUT2D eigenvalue weighted by atomic mass is 16.2. The number of rotatable bonds is 6. The van der Waals surface area contributed by atoms with Crippen LogP contribution in [-0.4, -0.2) is 35.2 Å². The highest BCUT2D eigenvalue weighted by Gasteiger charge is 2.09. The Morgan fingerprint density at radius 1 is 1.38 bits per heavy atom. The van der Waals surface area contributed by atoms with Gasteiger partial charge in [0.15, 0.2) is 0 Å². The van der Waals surface area contributed by atoms with Gasteiger partial charge in [-0.3, -0.25) is 4.79 Å². The Morgan fingerprint density at radius 3 is 2.69 bits per heavy atom. The summed E-state index contributed by atoms with van der Waals surface area (Å²) in [6, 6.07) is 3.93. The van der Waals surface area contributed by atoms with E-state index in [1.807, 2.05) is 18.3 Å². The van der Waals surface area contributed by atoms with Crippen LogP contribution in [0.5, 0.6) is 0 Å². The molecule has 1 aromatic heterocycles. The summed E-state index contributed by atoms with van der Waals surface area (Å²) in [7, 11) is 1.77. The molecular weight excluding hydrogens is 204 g/mol. The van der Waals surface area contributed by atoms with E-state index >= 15 is 0 Å². The molecule has 0 radical (unpaired) electrons. The van der Waals surface area contributed by atoms with Crippen LogP contribution < -0.4 is 0 Å². The van der Waals surface area contributed by atoms with Crippen LogP contribution in [0, 0.1) is 0 Å². The lowest BCUT2D eigenvalue weighted by molar-refractivity contribution is -0.131. The van der Waals surface area contributed by atoms with Gasteiger partial charge in [0.05, 0.1) is 0 Å². The van der Waals surface area contributed by atoms with E-state index in [4.69, 9.17) is 0 Å². The van der Waals surface area contributed by atoms with E-state index in [9.17, 15) is 9.59 Å². The second-order valence-corrected chi connectivity index (χ2v) is 3.96. The zero-order valence-electron chi connectivity index (χ0n) is 9.82. The van der Waals surface area contributed by atoms with Gasteiger partial charge >= 0.3 is 0 Å². The standard InChI is InChI=1S/C12H18N2O2/c1-10(15)5-6-12(16)14(2)9-7-11-4-3-8-13-11/h3-4,8,13H,5-7,9H2,1-2H3. The molecule has 0 aliphatic carbocycles. The van der Waals surface area contributed by atoms with Crippen molar-refractivity contribution in [2.24, 2.45) is 0 Å². The van der Waals surface area contributed by atoms with Gasteiger partial charge in [-0.1, -0.05) is 0 Å². The highest BCUT2D eigenvalue weighted by Crippen LogP contribution is 2.00. The SMILES string of the molecule is CC(=O)CCC(=O)N(C)CCc1ccc[nH]1. The molecule has 4 nitrogen and oxygen atoms in total. The summed E-state index contributed by atoms with van der Waals surface area (Å²) >= 11 is 0. The lowest BCUT2D eigenvalue weighted by Gasteiger charge is -2.16. The van der Waals surface area contributed by atoms with E-state index in [0.717, 1.165) is 12.1 Å². The van der Waals surface area contributed by atoms with Crippen LogP contribution in [0.4, 0.5) is 0 Å². The van der Waals surface area contributed by atoms with Gasteiger partial charge in [0.25, 0.3) is 0 Å². The van der Waals surface area contributed by atoms with Gasteiger partial charge < -0.3 is 14.7 Å². The van der Waals surface area contributed by atoms with E-state index < -0.39 is 0 Å². The molecule has 0 atom stereocenters. The predicted octanol–water partition coefficient (Wildman–Crippen LogP) is 1.38. The lowest BCUT2D eigenvalue weighted by Crippen LogP contribution is -2.29. The topological polar surface area (TPSA) is 53.2 Å². The number of likely N-dealkylation sites (N-methyl/N-ethyl adjacent to an activating group) is 1. The number of carbonyl (C=O) groups is 2. The molecule has 0 aliphatic heterocycles. The predicted molar refractivity (Wildman–Crippen MR) is 62.0 cm³/mol. The summed E-state index contributed by atoms with van der Waals surface area (Å²) in [5.74, 6) is 0.0906. The van der Waals surface area contributed by atoms with Crippen molar-refractivity contribution in [3.8, 4) is 0 Å². The van der Waals surface area contributed by atoms with Crippen LogP contribution in [0.25, 0.3) is 0 Å². The Balaban J connectivity index is 2.26. The molecule has 0 unspecified atom stereocenters. The molecule has 0 aliphatic rings. The molecule has 0 fully saturated rings. The van der Waals surface area contributed by atoms with Crippen molar-refractivity contribution in [2.45, 2.75) is 26.2 Å². The number of carbonyl (C=O) groups excluding carboxylic acids is 2. The molecule has 0 bridgehead atoms. The number of nitrogens with zero attached hydrogens (tertiary/aromatic N) is 1. The molecule has 0 aromatic carbocycles. The van der Waals surface area contributed by atoms with Gasteiger partial charge in [-0.25, -0.2) is 0 Å². The highest BCUT2D eigenvalue weighted by molar-refractivity contribution is 5.83. The summed E-state index contributed by atoms with van der Waals surface area (Å²) in [5.41, 5.74) is 1.12. The maximum Gasteiger partial charge on any atom is 0.222 e. The van der Waals surface area contributed by atoms with E-state index in [2.05, 4.69) is 4.98 Å². The number of ketones is 1. The first-order valence-corrected chi connectivity index (χ1v) is 5.45. The van der Waals surface area contributed by atoms with Crippen LogP contribution in [0.2, 0.25) is 0 Å². The van der Waals surface area contributed by atoms with Crippen LogP contribution in [0.15, 0.2) is 18.3 Å². The third-order valence-corrected chi connectivity index (χ3v) is 2.50. The van der Waals surface area contributed by atoms with Crippen molar-refractivity contribution in [1.29, 1.82) is 0 Å². The summed E-state index contributed by atoms with van der Waals surface area (Å²) in [5, 5.41) is 0. The van der Waals surface area contributed by atoms with E-state index in [-0.39, 0.29) is 11.7 Å². The lowest BCUT2D eigenvalue weighted by atomic mass is 10.2. The average Bonchev–Trinajstić information content (AvgIpc) is 2.75. The Hall–Kier alpha value is -1.58. The maximum absolute atomic E-state index is 11.6. The number of aromatic amines is 1. The fourth-order valence-corrected chi connectivity index (χ4v) is 1.41. The fourth-order valence-electron chi connectivity index (χ4n) is 1.41. The Bertz CT molecular complexity index is 344. The number of amides is 1. The van der Waals surface area contributed by atoms with Crippen molar-refractivity contribution in [3.63, 3.8) is 0 Å². The normalized spacial score (nSPS) is 10.1. The van der Waals surface area contributed by atoms with Crippen LogP contribution >= 0.6 is 0 Å². The number of Topliss-reactive ketones (excluding diaryl/α,β-unsaturated/α-hetero) is 1. The van der Waals surface area contributed by atoms with E-state index in [1.54, 1.807) is 11.9 Å². The molecule has 0 saturated heterocycles. The molecule has 88 valence electrons. The molecule has 1 N–H and O–H groups in total. The van der Waals surface area contributed by atoms with Gasteiger partial charge in [-0.2, -0.15) is 0 Å². The van der Waals surface area contributed by atoms with Gasteiger partial charge in [-0.15, -0.1) is 0 Å². The number of nitrogens with one attached hydrogen (secondary N) is 1. The minimum atomic E-state index is 0.0294. The second-order valence-electron chi connectivity index (χ2n) is 3.96. The van der Waals surface area contributed by atoms with Crippen molar-refractivity contribution < 1.29 is 9.59 Å². The largest absolute Gasteiger partial charge is 0.365 e. The third kappa shape index (κ3) is 4.29. The van der Waals surface area contributed by atoms with Gasteiger partial charge in [-0.05, 0) is 19.1 Å². The van der Waals surface area contributed by atoms with E-state index in [1.165, 1.54) is 6.92 Å². The smallest absolute Gasteiger partial charge is 0.222 e. The first-order valence-electron chi connectivity index (χ1n) is 5.45. The number of aromatic nitrogens is 1. The molecule has 4 heteroatoms. The number of H-pyrrole nitrogens is 1. The second kappa shape index (κ2) is 6.10. The number of hydrogen-bond acceptors (Lipinski definition) is 2. The molecule has 1 aromatic rings. The fraction of sp³-hybridized carbons (Fsp3) is 0.500. The monoisotopic (exact) mass is 222 g/mol. The molecule has 16 heavy (non-hydrogen) atoms. The summed E-state index contributed by atoms with van der Waals surface area (Å²) in [4.78, 5) is 27.1. The Morgan fingerprint density at radius 2 is 2.12 bits per heavy atom. The molecule has 1 rings (SSSR count). The summed E-state index contributed by atoms with van der Waals surface area (Å²) < 4.78 is 0. The average molecular weight is 222 g/mol. The van der Waals surface area contributed by atoms with Crippen LogP contribution in [0.3, 0.4) is 0 Å². The van der Waals surface area contributed by atoms with Crippen LogP contribution in [0.1, 0.15) is 25.5 Å². The first kappa shape index (κ1) is 12.5. The zero-order chi connectivity index (χ0) is 12.0. The van der Waals surface area contributed by atoms with E-state index in [0.29, 0.717) is 19.4 Å². The van der Waals surface area contributed by atoms with Crippen molar-refractivity contribution in [1.82, 2.24) is 9.88 Å². The molecule has 1 amide bonds. The van der Waals surface area contributed by atoms with Gasteiger partial charge in [0.1, 0.15) is 5.78 Å². The first-order chi connectivity index (χ1) is 7.59. The number of hydrogen-bond donors (Lipinski definition) is 1. The minimum absolute atomic E-state index is 0.0294.